The minimum absolute atomic E-state index is 0.0430. The van der Waals surface area contributed by atoms with Crippen molar-refractivity contribution in [3.05, 3.63) is 61.2 Å². The van der Waals surface area contributed by atoms with Crippen LogP contribution < -0.4 is 0 Å². The van der Waals surface area contributed by atoms with Crippen LogP contribution in [0, 0.1) is 11.8 Å². The summed E-state index contributed by atoms with van der Waals surface area (Å²) in [6, 6.07) is 8.04. The lowest BCUT2D eigenvalue weighted by molar-refractivity contribution is -0.157. The summed E-state index contributed by atoms with van der Waals surface area (Å²) in [5, 5.41) is 10.7. The van der Waals surface area contributed by atoms with Crippen LogP contribution in [-0.2, 0) is 30.3 Å². The molecule has 2 bridgehead atoms. The molecule has 8 nitrogen and oxygen atoms in total. The molecule has 3 unspecified atom stereocenters. The summed E-state index contributed by atoms with van der Waals surface area (Å²) in [7, 11) is 0. The molecule has 1 saturated carbocycles. The standard InChI is InChI=1S/C32H41BrN2O6/c1-3-5-17-40-31(39)25-26-29(37)35(23(20-36)18-21-12-8-6-9-13-21)28(32(26)19-24(33)27(25)41-32)30(38)34(16-4-2)22-14-10-7-11-15-22/h3-4,6,8-9,12-13,22-28,36H,1-2,5,7,10-11,14-20H2/t23-,24?,25-,26+,27-,28?,32?/m1/s1. The van der Waals surface area contributed by atoms with Crippen LogP contribution >= 0.6 is 15.9 Å². The first-order valence-corrected chi connectivity index (χ1v) is 15.8. The molecule has 3 heterocycles. The number of aliphatic hydroxyl groups excluding tert-OH is 1. The maximum atomic E-state index is 14.8. The zero-order chi connectivity index (χ0) is 29.1. The molecule has 0 aromatic heterocycles. The topological polar surface area (TPSA) is 96.4 Å². The van der Waals surface area contributed by atoms with Gasteiger partial charge in [0.25, 0.3) is 0 Å². The van der Waals surface area contributed by atoms with E-state index in [0.29, 0.717) is 25.8 Å². The minimum atomic E-state index is -1.20. The van der Waals surface area contributed by atoms with Crippen LogP contribution in [-0.4, -0.2) is 87.1 Å². The van der Waals surface area contributed by atoms with Crippen molar-refractivity contribution < 1.29 is 29.0 Å². The molecule has 5 rings (SSSR count). The minimum Gasteiger partial charge on any atom is -0.465 e. The Labute approximate surface area is 250 Å². The molecule has 1 aliphatic carbocycles. The molecular formula is C32H41BrN2O6. The molecule has 9 heteroatoms. The van der Waals surface area contributed by atoms with Gasteiger partial charge in [0, 0.05) is 17.4 Å². The van der Waals surface area contributed by atoms with Crippen LogP contribution in [0.25, 0.3) is 0 Å². The number of aliphatic hydroxyl groups is 1. The fourth-order valence-electron chi connectivity index (χ4n) is 7.59. The Hall–Kier alpha value is -2.49. The number of ether oxygens (including phenoxy) is 2. The lowest BCUT2D eigenvalue weighted by Gasteiger charge is -2.42. The second kappa shape index (κ2) is 12.8. The Bertz CT molecular complexity index is 1140. The number of rotatable bonds is 12. The monoisotopic (exact) mass is 628 g/mol. The first-order chi connectivity index (χ1) is 19.9. The lowest BCUT2D eigenvalue weighted by Crippen LogP contribution is -2.60. The highest BCUT2D eigenvalue weighted by Gasteiger charge is 2.77. The van der Waals surface area contributed by atoms with E-state index in [4.69, 9.17) is 9.47 Å². The summed E-state index contributed by atoms with van der Waals surface area (Å²) < 4.78 is 12.2. The molecule has 1 spiro atoms. The van der Waals surface area contributed by atoms with Crippen molar-refractivity contribution in [3.8, 4) is 0 Å². The summed E-state index contributed by atoms with van der Waals surface area (Å²) in [6.07, 6.45) is 9.12. The van der Waals surface area contributed by atoms with Gasteiger partial charge in [0.05, 0.1) is 37.2 Å². The molecule has 1 aromatic carbocycles. The number of esters is 1. The van der Waals surface area contributed by atoms with Gasteiger partial charge < -0.3 is 24.4 Å². The van der Waals surface area contributed by atoms with E-state index in [1.54, 1.807) is 17.1 Å². The van der Waals surface area contributed by atoms with Crippen molar-refractivity contribution in [2.24, 2.45) is 11.8 Å². The second-order valence-electron chi connectivity index (χ2n) is 11.8. The zero-order valence-electron chi connectivity index (χ0n) is 23.5. The largest absolute Gasteiger partial charge is 0.465 e. The van der Waals surface area contributed by atoms with Gasteiger partial charge in [0.2, 0.25) is 11.8 Å². The number of nitrogens with zero attached hydrogens (tertiary/aromatic N) is 2. The molecular weight excluding hydrogens is 588 g/mol. The number of halogens is 1. The third-order valence-corrected chi connectivity index (χ3v) is 10.2. The molecule has 1 aromatic rings. The number of likely N-dealkylation sites (tertiary alicyclic amines) is 1. The van der Waals surface area contributed by atoms with Gasteiger partial charge in [-0.1, -0.05) is 77.7 Å². The highest BCUT2D eigenvalue weighted by Crippen LogP contribution is 2.61. The highest BCUT2D eigenvalue weighted by atomic mass is 79.9. The smallest absolute Gasteiger partial charge is 0.312 e. The van der Waals surface area contributed by atoms with Gasteiger partial charge >= 0.3 is 5.97 Å². The van der Waals surface area contributed by atoms with Gasteiger partial charge in [-0.2, -0.15) is 0 Å². The van der Waals surface area contributed by atoms with Crippen LogP contribution in [0.3, 0.4) is 0 Å². The first-order valence-electron chi connectivity index (χ1n) is 14.9. The Balaban J connectivity index is 1.56. The molecule has 4 fully saturated rings. The number of alkyl halides is 1. The number of benzene rings is 1. The summed E-state index contributed by atoms with van der Waals surface area (Å²) in [5.41, 5.74) is -0.257. The Morgan fingerprint density at radius 3 is 2.59 bits per heavy atom. The van der Waals surface area contributed by atoms with Crippen molar-refractivity contribution >= 4 is 33.7 Å². The van der Waals surface area contributed by atoms with Crippen LogP contribution in [0.1, 0.15) is 50.5 Å². The number of carbonyl (C=O) groups is 3. The summed E-state index contributed by atoms with van der Waals surface area (Å²) in [5.74, 6) is -2.72. The molecule has 0 radical (unpaired) electrons. The molecule has 41 heavy (non-hydrogen) atoms. The van der Waals surface area contributed by atoms with Gasteiger partial charge in [-0.15, -0.1) is 13.2 Å². The molecule has 222 valence electrons. The average Bonchev–Trinajstić information content (AvgIpc) is 3.58. The quantitative estimate of drug-likeness (QED) is 0.164. The van der Waals surface area contributed by atoms with Gasteiger partial charge in [-0.25, -0.2) is 0 Å². The number of hydrogen-bond donors (Lipinski definition) is 1. The average molecular weight is 630 g/mol. The Morgan fingerprint density at radius 2 is 1.93 bits per heavy atom. The first kappa shape index (κ1) is 30.0. The van der Waals surface area contributed by atoms with E-state index in [9.17, 15) is 19.5 Å². The third kappa shape index (κ3) is 5.41. The highest BCUT2D eigenvalue weighted by molar-refractivity contribution is 9.09. The summed E-state index contributed by atoms with van der Waals surface area (Å²) in [4.78, 5) is 45.9. The van der Waals surface area contributed by atoms with E-state index in [0.717, 1.165) is 37.7 Å². The molecule has 3 saturated heterocycles. The maximum absolute atomic E-state index is 14.8. The van der Waals surface area contributed by atoms with Crippen LogP contribution in [0.4, 0.5) is 0 Å². The Kier molecular flexibility index (Phi) is 9.36. The maximum Gasteiger partial charge on any atom is 0.312 e. The molecule has 3 aliphatic heterocycles. The predicted molar refractivity (Wildman–Crippen MR) is 158 cm³/mol. The third-order valence-electron chi connectivity index (χ3n) is 9.34. The van der Waals surface area contributed by atoms with Crippen molar-refractivity contribution in [3.63, 3.8) is 0 Å². The number of hydrogen-bond acceptors (Lipinski definition) is 6. The van der Waals surface area contributed by atoms with Crippen molar-refractivity contribution in [1.82, 2.24) is 9.80 Å². The van der Waals surface area contributed by atoms with Gasteiger partial charge in [0.15, 0.2) is 0 Å². The van der Waals surface area contributed by atoms with Crippen LogP contribution in [0.15, 0.2) is 55.6 Å². The van der Waals surface area contributed by atoms with Crippen molar-refractivity contribution in [2.45, 2.75) is 86.0 Å². The van der Waals surface area contributed by atoms with Crippen LogP contribution in [0.5, 0.6) is 0 Å². The second-order valence-corrected chi connectivity index (χ2v) is 12.9. The normalized spacial score (nSPS) is 31.5. The van der Waals surface area contributed by atoms with Gasteiger partial charge in [-0.3, -0.25) is 14.4 Å². The van der Waals surface area contributed by atoms with Crippen LogP contribution in [0.2, 0.25) is 0 Å². The van der Waals surface area contributed by atoms with Gasteiger partial charge in [0.1, 0.15) is 11.6 Å². The molecule has 1 N–H and O–H groups in total. The van der Waals surface area contributed by atoms with Crippen molar-refractivity contribution in [2.75, 3.05) is 19.8 Å². The van der Waals surface area contributed by atoms with E-state index >= 15 is 0 Å². The van der Waals surface area contributed by atoms with E-state index in [2.05, 4.69) is 29.1 Å². The number of amides is 2. The number of carbonyl (C=O) groups excluding carboxylic acids is 3. The summed E-state index contributed by atoms with van der Waals surface area (Å²) >= 11 is 3.72. The Morgan fingerprint density at radius 1 is 1.20 bits per heavy atom. The molecule has 2 amide bonds. The molecule has 4 aliphatic rings. The van der Waals surface area contributed by atoms with Gasteiger partial charge in [-0.05, 0) is 37.7 Å². The molecule has 7 atom stereocenters. The van der Waals surface area contributed by atoms with E-state index in [1.807, 2.05) is 35.2 Å². The van der Waals surface area contributed by atoms with E-state index in [1.165, 1.54) is 0 Å². The lowest BCUT2D eigenvalue weighted by atomic mass is 9.70. The van der Waals surface area contributed by atoms with Crippen molar-refractivity contribution in [1.29, 1.82) is 0 Å². The number of fused-ring (bicyclic) bond motifs is 1. The summed E-state index contributed by atoms with van der Waals surface area (Å²) in [6.45, 7) is 7.81. The fourth-order valence-corrected chi connectivity index (χ4v) is 8.54. The fraction of sp³-hybridized carbons (Fsp3) is 0.594. The van der Waals surface area contributed by atoms with E-state index < -0.39 is 41.6 Å². The zero-order valence-corrected chi connectivity index (χ0v) is 25.1. The predicted octanol–water partition coefficient (Wildman–Crippen LogP) is 3.80. The SMILES string of the molecule is C=CCCOC(=O)[C@H]1[C@@H]2OC3(CC2Br)C(C(=O)N(CC=C)C2CCCCC2)N([C@@H](CO)Cc2ccccc2)C(=O)[C@H]13. The van der Waals surface area contributed by atoms with E-state index in [-0.39, 0.29) is 35.9 Å².